The lowest BCUT2D eigenvalue weighted by atomic mass is 9.99. The third-order valence-corrected chi connectivity index (χ3v) is 4.47. The molecule has 4 heteroatoms. The van der Waals surface area contributed by atoms with Gasteiger partial charge in [-0.1, -0.05) is 37.3 Å². The molecule has 1 aromatic carbocycles. The van der Waals surface area contributed by atoms with Crippen LogP contribution < -0.4 is 5.32 Å². The summed E-state index contributed by atoms with van der Waals surface area (Å²) in [6, 6.07) is 9.68. The summed E-state index contributed by atoms with van der Waals surface area (Å²) < 4.78 is 0. The van der Waals surface area contributed by atoms with E-state index in [9.17, 15) is 9.90 Å². The number of hydrogen-bond donors (Lipinski definition) is 2. The Morgan fingerprint density at radius 3 is 2.82 bits per heavy atom. The van der Waals surface area contributed by atoms with E-state index in [1.165, 1.54) is 12.8 Å². The van der Waals surface area contributed by atoms with Crippen molar-refractivity contribution in [1.29, 1.82) is 0 Å². The van der Waals surface area contributed by atoms with E-state index in [-0.39, 0.29) is 12.3 Å². The van der Waals surface area contributed by atoms with Crippen LogP contribution in [0.2, 0.25) is 0 Å². The van der Waals surface area contributed by atoms with Crippen LogP contribution >= 0.6 is 0 Å². The number of benzene rings is 1. The van der Waals surface area contributed by atoms with E-state index in [1.807, 2.05) is 30.3 Å². The highest BCUT2D eigenvalue weighted by atomic mass is 16.3. The maximum atomic E-state index is 12.0. The maximum absolute atomic E-state index is 12.0. The van der Waals surface area contributed by atoms with Gasteiger partial charge in [0.1, 0.15) is 0 Å². The lowest BCUT2D eigenvalue weighted by molar-refractivity contribution is -0.123. The summed E-state index contributed by atoms with van der Waals surface area (Å²) in [6.07, 6.45) is 1.93. The van der Waals surface area contributed by atoms with Gasteiger partial charge in [-0.15, -0.1) is 0 Å². The summed E-state index contributed by atoms with van der Waals surface area (Å²) in [5.41, 5.74) is 0.788. The molecule has 0 bridgehead atoms. The Morgan fingerprint density at radius 2 is 2.14 bits per heavy atom. The molecule has 1 heterocycles. The molecule has 0 aliphatic carbocycles. The van der Waals surface area contributed by atoms with Crippen molar-refractivity contribution in [3.63, 3.8) is 0 Å². The van der Waals surface area contributed by atoms with Gasteiger partial charge in [-0.2, -0.15) is 0 Å². The number of nitrogens with zero attached hydrogens (tertiary/aromatic N) is 1. The van der Waals surface area contributed by atoms with Crippen molar-refractivity contribution < 1.29 is 9.90 Å². The molecule has 22 heavy (non-hydrogen) atoms. The van der Waals surface area contributed by atoms with Crippen molar-refractivity contribution in [3.05, 3.63) is 35.9 Å². The Labute approximate surface area is 133 Å². The summed E-state index contributed by atoms with van der Waals surface area (Å²) in [6.45, 7) is 7.32. The highest BCUT2D eigenvalue weighted by Gasteiger charge is 2.21. The van der Waals surface area contributed by atoms with E-state index in [0.717, 1.165) is 24.6 Å². The molecular formula is C18H28N2O2. The molecule has 0 aromatic heterocycles. The summed E-state index contributed by atoms with van der Waals surface area (Å²) in [7, 11) is 0. The van der Waals surface area contributed by atoms with Crippen molar-refractivity contribution >= 4 is 5.91 Å². The van der Waals surface area contributed by atoms with Gasteiger partial charge in [-0.05, 0) is 37.8 Å². The molecule has 1 aromatic rings. The quantitative estimate of drug-likeness (QED) is 0.848. The number of likely N-dealkylation sites (tertiary alicyclic amines) is 1. The third-order valence-electron chi connectivity index (χ3n) is 4.47. The summed E-state index contributed by atoms with van der Waals surface area (Å²) in [5, 5.41) is 13.0. The van der Waals surface area contributed by atoms with Gasteiger partial charge in [0.15, 0.2) is 0 Å². The van der Waals surface area contributed by atoms with Gasteiger partial charge in [-0.25, -0.2) is 0 Å². The second-order valence-corrected chi connectivity index (χ2v) is 6.53. The van der Waals surface area contributed by atoms with Crippen molar-refractivity contribution in [3.8, 4) is 0 Å². The average Bonchev–Trinajstić information content (AvgIpc) is 2.53. The van der Waals surface area contributed by atoms with Gasteiger partial charge in [-0.3, -0.25) is 9.69 Å². The van der Waals surface area contributed by atoms with Crippen LogP contribution in [0.4, 0.5) is 0 Å². The topological polar surface area (TPSA) is 52.6 Å². The Kier molecular flexibility index (Phi) is 6.40. The summed E-state index contributed by atoms with van der Waals surface area (Å²) in [5.74, 6) is 0.653. The average molecular weight is 304 g/mol. The number of hydrogen-bond acceptors (Lipinski definition) is 3. The minimum atomic E-state index is -0.730. The SMILES string of the molecule is CC1CCCN(C(C)CNC(=O)CC(O)c2ccccc2)C1. The second-order valence-electron chi connectivity index (χ2n) is 6.53. The molecule has 0 spiro atoms. The Morgan fingerprint density at radius 1 is 1.41 bits per heavy atom. The monoisotopic (exact) mass is 304 g/mol. The minimum Gasteiger partial charge on any atom is -0.388 e. The Hall–Kier alpha value is -1.39. The first-order valence-electron chi connectivity index (χ1n) is 8.30. The van der Waals surface area contributed by atoms with Gasteiger partial charge in [0.05, 0.1) is 12.5 Å². The Bertz CT molecular complexity index is 463. The molecule has 122 valence electrons. The van der Waals surface area contributed by atoms with Crippen LogP contribution in [0.25, 0.3) is 0 Å². The lowest BCUT2D eigenvalue weighted by Crippen LogP contribution is -2.46. The van der Waals surface area contributed by atoms with E-state index in [0.29, 0.717) is 12.6 Å². The fourth-order valence-electron chi connectivity index (χ4n) is 3.06. The molecule has 1 aliphatic rings. The number of aliphatic hydroxyl groups excluding tert-OH is 1. The standard InChI is InChI=1S/C18H28N2O2/c1-14-7-6-10-20(13-14)15(2)12-19-18(22)11-17(21)16-8-4-3-5-9-16/h3-5,8-9,14-15,17,21H,6-7,10-13H2,1-2H3,(H,19,22). The highest BCUT2D eigenvalue weighted by Crippen LogP contribution is 2.18. The summed E-state index contributed by atoms with van der Waals surface area (Å²) in [4.78, 5) is 14.4. The van der Waals surface area contributed by atoms with Crippen LogP contribution in [-0.4, -0.2) is 41.6 Å². The number of nitrogens with one attached hydrogen (secondary N) is 1. The van der Waals surface area contributed by atoms with Crippen molar-refractivity contribution in [1.82, 2.24) is 10.2 Å². The lowest BCUT2D eigenvalue weighted by Gasteiger charge is -2.35. The molecule has 0 saturated carbocycles. The van der Waals surface area contributed by atoms with E-state index in [1.54, 1.807) is 0 Å². The number of carbonyl (C=O) groups excluding carboxylic acids is 1. The van der Waals surface area contributed by atoms with E-state index >= 15 is 0 Å². The van der Waals surface area contributed by atoms with Gasteiger partial charge in [0.25, 0.3) is 0 Å². The molecule has 1 fully saturated rings. The van der Waals surface area contributed by atoms with E-state index in [4.69, 9.17) is 0 Å². The smallest absolute Gasteiger partial charge is 0.223 e. The number of carbonyl (C=O) groups is 1. The maximum Gasteiger partial charge on any atom is 0.223 e. The van der Waals surface area contributed by atoms with Gasteiger partial charge in [0, 0.05) is 19.1 Å². The number of piperidine rings is 1. The molecule has 1 aliphatic heterocycles. The second kappa shape index (κ2) is 8.30. The molecular weight excluding hydrogens is 276 g/mol. The predicted molar refractivity (Wildman–Crippen MR) is 88.5 cm³/mol. The number of amides is 1. The van der Waals surface area contributed by atoms with Crippen LogP contribution in [0.3, 0.4) is 0 Å². The van der Waals surface area contributed by atoms with Crippen molar-refractivity contribution in [2.24, 2.45) is 5.92 Å². The van der Waals surface area contributed by atoms with Crippen LogP contribution in [0.5, 0.6) is 0 Å². The first-order chi connectivity index (χ1) is 10.6. The third kappa shape index (κ3) is 5.11. The molecule has 2 rings (SSSR count). The van der Waals surface area contributed by atoms with Gasteiger partial charge < -0.3 is 10.4 Å². The van der Waals surface area contributed by atoms with Crippen molar-refractivity contribution in [2.45, 2.75) is 45.3 Å². The zero-order valence-corrected chi connectivity index (χ0v) is 13.7. The van der Waals surface area contributed by atoms with Crippen LogP contribution in [0.15, 0.2) is 30.3 Å². The number of rotatable bonds is 6. The fourth-order valence-corrected chi connectivity index (χ4v) is 3.06. The number of aliphatic hydroxyl groups is 1. The largest absolute Gasteiger partial charge is 0.388 e. The predicted octanol–water partition coefficient (Wildman–Crippen LogP) is 2.35. The molecule has 1 amide bonds. The first-order valence-corrected chi connectivity index (χ1v) is 8.30. The zero-order chi connectivity index (χ0) is 15.9. The first kappa shape index (κ1) is 17.0. The molecule has 3 atom stereocenters. The highest BCUT2D eigenvalue weighted by molar-refractivity contribution is 5.76. The van der Waals surface area contributed by atoms with Crippen LogP contribution in [0.1, 0.15) is 44.8 Å². The van der Waals surface area contributed by atoms with E-state index < -0.39 is 6.10 Å². The van der Waals surface area contributed by atoms with Crippen molar-refractivity contribution in [2.75, 3.05) is 19.6 Å². The molecule has 2 N–H and O–H groups in total. The zero-order valence-electron chi connectivity index (χ0n) is 13.7. The summed E-state index contributed by atoms with van der Waals surface area (Å²) >= 11 is 0. The normalized spacial score (nSPS) is 22.0. The van der Waals surface area contributed by atoms with Gasteiger partial charge >= 0.3 is 0 Å². The minimum absolute atomic E-state index is 0.0896. The molecule has 3 unspecified atom stereocenters. The Balaban J connectivity index is 1.73. The molecule has 0 radical (unpaired) electrons. The molecule has 4 nitrogen and oxygen atoms in total. The van der Waals surface area contributed by atoms with E-state index in [2.05, 4.69) is 24.1 Å². The fraction of sp³-hybridized carbons (Fsp3) is 0.611. The van der Waals surface area contributed by atoms with Crippen LogP contribution in [-0.2, 0) is 4.79 Å². The van der Waals surface area contributed by atoms with Crippen LogP contribution in [0, 0.1) is 5.92 Å². The molecule has 1 saturated heterocycles. The van der Waals surface area contributed by atoms with Gasteiger partial charge in [0.2, 0.25) is 5.91 Å².